The molecule has 0 bridgehead atoms. The van der Waals surface area contributed by atoms with E-state index in [2.05, 4.69) is 4.99 Å². The van der Waals surface area contributed by atoms with Crippen LogP contribution in [0.3, 0.4) is 0 Å². The molecule has 0 saturated carbocycles. The van der Waals surface area contributed by atoms with Crippen LogP contribution in [0.15, 0.2) is 93.9 Å². The van der Waals surface area contributed by atoms with Crippen LogP contribution in [-0.2, 0) is 16.1 Å². The van der Waals surface area contributed by atoms with Gasteiger partial charge in [0.05, 0.1) is 28.5 Å². The van der Waals surface area contributed by atoms with E-state index < -0.39 is 12.0 Å². The Bertz CT molecular complexity index is 1830. The lowest BCUT2D eigenvalue weighted by atomic mass is 9.95. The highest BCUT2D eigenvalue weighted by atomic mass is 35.5. The summed E-state index contributed by atoms with van der Waals surface area (Å²) < 4.78 is 19.6. The standard InChI is InChI=1S/C33H31ClN2O5S/c1-5-39-32(38)29-21(4)35-33-36(30(29)25-13-9-10-14-27(25)41-20(2)3)31(37)28(42-33)18-23-17-24(34)15-16-26(23)40-19-22-11-7-6-8-12-22/h6-18,20,30H,5,19H2,1-4H3/b28-18-/t30-/m0/s1. The molecule has 0 amide bonds. The first-order valence-electron chi connectivity index (χ1n) is 13.7. The van der Waals surface area contributed by atoms with E-state index in [1.165, 1.54) is 11.3 Å². The van der Waals surface area contributed by atoms with Crippen molar-refractivity contribution in [3.8, 4) is 11.5 Å². The third-order valence-electron chi connectivity index (χ3n) is 6.59. The van der Waals surface area contributed by atoms with Crippen LogP contribution in [0.25, 0.3) is 6.08 Å². The number of ether oxygens (including phenoxy) is 3. The van der Waals surface area contributed by atoms with Crippen molar-refractivity contribution in [2.75, 3.05) is 6.61 Å². The van der Waals surface area contributed by atoms with Gasteiger partial charge in [0.1, 0.15) is 24.1 Å². The van der Waals surface area contributed by atoms with Gasteiger partial charge in [0.2, 0.25) is 0 Å². The fourth-order valence-corrected chi connectivity index (χ4v) is 6.01. The van der Waals surface area contributed by atoms with Crippen LogP contribution in [0.2, 0.25) is 5.02 Å². The molecule has 2 heterocycles. The zero-order chi connectivity index (χ0) is 29.8. The normalized spacial score (nSPS) is 14.9. The van der Waals surface area contributed by atoms with E-state index in [0.717, 1.165) is 5.56 Å². The zero-order valence-electron chi connectivity index (χ0n) is 23.8. The highest BCUT2D eigenvalue weighted by Gasteiger charge is 2.35. The Labute approximate surface area is 253 Å². The van der Waals surface area contributed by atoms with Gasteiger partial charge in [-0.1, -0.05) is 71.5 Å². The maximum atomic E-state index is 14.1. The van der Waals surface area contributed by atoms with E-state index in [-0.39, 0.29) is 18.3 Å². The molecule has 1 aliphatic heterocycles. The predicted molar refractivity (Wildman–Crippen MR) is 165 cm³/mol. The molecular formula is C33H31ClN2O5S. The molecule has 4 aromatic rings. The first kappa shape index (κ1) is 29.4. The highest BCUT2D eigenvalue weighted by molar-refractivity contribution is 7.07. The van der Waals surface area contributed by atoms with Crippen molar-refractivity contribution in [2.45, 2.75) is 46.4 Å². The lowest BCUT2D eigenvalue weighted by molar-refractivity contribution is -0.139. The van der Waals surface area contributed by atoms with Crippen molar-refractivity contribution < 1.29 is 19.0 Å². The molecule has 216 valence electrons. The molecule has 42 heavy (non-hydrogen) atoms. The van der Waals surface area contributed by atoms with Gasteiger partial charge >= 0.3 is 5.97 Å². The summed E-state index contributed by atoms with van der Waals surface area (Å²) in [6, 6.07) is 21.8. The van der Waals surface area contributed by atoms with Crippen molar-refractivity contribution in [3.05, 3.63) is 125 Å². The van der Waals surface area contributed by atoms with E-state index >= 15 is 0 Å². The summed E-state index contributed by atoms with van der Waals surface area (Å²) in [6.07, 6.45) is 1.64. The number of aromatic nitrogens is 1. The average Bonchev–Trinajstić information content (AvgIpc) is 3.26. The second-order valence-electron chi connectivity index (χ2n) is 9.96. The number of hydrogen-bond donors (Lipinski definition) is 0. The largest absolute Gasteiger partial charge is 0.491 e. The molecule has 0 saturated heterocycles. The van der Waals surface area contributed by atoms with Crippen molar-refractivity contribution in [1.82, 2.24) is 4.57 Å². The smallest absolute Gasteiger partial charge is 0.338 e. The van der Waals surface area contributed by atoms with Gasteiger partial charge in [-0.15, -0.1) is 0 Å². The van der Waals surface area contributed by atoms with E-state index in [4.69, 9.17) is 25.8 Å². The molecule has 0 unspecified atom stereocenters. The van der Waals surface area contributed by atoms with Gasteiger partial charge in [0.15, 0.2) is 4.80 Å². The number of benzene rings is 3. The van der Waals surface area contributed by atoms with Crippen LogP contribution in [-0.4, -0.2) is 23.2 Å². The average molecular weight is 603 g/mol. The maximum Gasteiger partial charge on any atom is 0.338 e. The molecule has 7 nitrogen and oxygen atoms in total. The molecule has 1 aromatic heterocycles. The maximum absolute atomic E-state index is 14.1. The first-order chi connectivity index (χ1) is 20.3. The van der Waals surface area contributed by atoms with E-state index in [0.29, 0.717) is 54.9 Å². The number of thiazole rings is 1. The minimum atomic E-state index is -0.787. The monoisotopic (exact) mass is 602 g/mol. The predicted octanol–water partition coefficient (Wildman–Crippen LogP) is 5.82. The number of allylic oxidation sites excluding steroid dienone is 1. The Kier molecular flexibility index (Phi) is 8.94. The van der Waals surface area contributed by atoms with Crippen LogP contribution in [0, 0.1) is 0 Å². The molecule has 0 spiro atoms. The molecule has 1 atom stereocenters. The molecule has 9 heteroatoms. The molecule has 0 radical (unpaired) electrons. The second kappa shape index (κ2) is 12.8. The molecule has 0 fully saturated rings. The molecule has 1 aliphatic rings. The summed E-state index contributed by atoms with van der Waals surface area (Å²) in [6.45, 7) is 7.91. The van der Waals surface area contributed by atoms with Crippen LogP contribution in [0.1, 0.15) is 50.4 Å². The molecule has 3 aromatic carbocycles. The minimum absolute atomic E-state index is 0.116. The molecule has 0 N–H and O–H groups in total. The number of esters is 1. The van der Waals surface area contributed by atoms with Crippen LogP contribution in [0.4, 0.5) is 0 Å². The first-order valence-corrected chi connectivity index (χ1v) is 14.9. The number of carbonyl (C=O) groups is 1. The number of carbonyl (C=O) groups excluding carboxylic acids is 1. The number of para-hydroxylation sites is 1. The van der Waals surface area contributed by atoms with Gasteiger partial charge in [-0.05, 0) is 63.6 Å². The van der Waals surface area contributed by atoms with Crippen molar-refractivity contribution >= 4 is 35.0 Å². The Hall–Kier alpha value is -4.14. The zero-order valence-corrected chi connectivity index (χ0v) is 25.4. The van der Waals surface area contributed by atoms with E-state index in [9.17, 15) is 9.59 Å². The lowest BCUT2D eigenvalue weighted by Gasteiger charge is -2.26. The van der Waals surface area contributed by atoms with Gasteiger partial charge < -0.3 is 14.2 Å². The van der Waals surface area contributed by atoms with Crippen molar-refractivity contribution in [2.24, 2.45) is 4.99 Å². The van der Waals surface area contributed by atoms with Crippen LogP contribution < -0.4 is 24.4 Å². The molecule has 5 rings (SSSR count). The van der Waals surface area contributed by atoms with Gasteiger partial charge in [0.25, 0.3) is 5.56 Å². The highest BCUT2D eigenvalue weighted by Crippen LogP contribution is 2.36. The Morgan fingerprint density at radius 3 is 2.55 bits per heavy atom. The molecular weight excluding hydrogens is 572 g/mol. The van der Waals surface area contributed by atoms with Gasteiger partial charge in [0, 0.05) is 16.1 Å². The van der Waals surface area contributed by atoms with Crippen molar-refractivity contribution in [3.63, 3.8) is 0 Å². The lowest BCUT2D eigenvalue weighted by Crippen LogP contribution is -2.40. The number of nitrogens with zero attached hydrogens (tertiary/aromatic N) is 2. The minimum Gasteiger partial charge on any atom is -0.491 e. The number of fused-ring (bicyclic) bond motifs is 1. The summed E-state index contributed by atoms with van der Waals surface area (Å²) in [4.78, 5) is 32.6. The van der Waals surface area contributed by atoms with Gasteiger partial charge in [-0.2, -0.15) is 0 Å². The number of halogens is 1. The SMILES string of the molecule is CCOC(=O)C1=C(C)N=c2s/c(=C\c3cc(Cl)ccc3OCc3ccccc3)c(=O)n2[C@H]1c1ccccc1OC(C)C. The van der Waals surface area contributed by atoms with Gasteiger partial charge in [-0.25, -0.2) is 9.79 Å². The number of hydrogen-bond acceptors (Lipinski definition) is 7. The summed E-state index contributed by atoms with van der Waals surface area (Å²) in [5.74, 6) is 0.642. The second-order valence-corrected chi connectivity index (χ2v) is 11.4. The third-order valence-corrected chi connectivity index (χ3v) is 7.81. The third kappa shape index (κ3) is 6.20. The number of rotatable bonds is 9. The summed E-state index contributed by atoms with van der Waals surface area (Å²) in [7, 11) is 0. The fraction of sp³-hybridized carbons (Fsp3) is 0.242. The summed E-state index contributed by atoms with van der Waals surface area (Å²) >= 11 is 7.60. The van der Waals surface area contributed by atoms with Crippen molar-refractivity contribution in [1.29, 1.82) is 0 Å². The van der Waals surface area contributed by atoms with Gasteiger partial charge in [-0.3, -0.25) is 9.36 Å². The summed E-state index contributed by atoms with van der Waals surface area (Å²) in [5.41, 5.74) is 2.83. The van der Waals surface area contributed by atoms with Crippen LogP contribution in [0.5, 0.6) is 11.5 Å². The molecule has 0 aliphatic carbocycles. The summed E-state index contributed by atoms with van der Waals surface area (Å²) in [5, 5.41) is 0.513. The Morgan fingerprint density at radius 1 is 1.07 bits per heavy atom. The van der Waals surface area contributed by atoms with Crippen LogP contribution >= 0.6 is 22.9 Å². The van der Waals surface area contributed by atoms with E-state index in [1.807, 2.05) is 68.4 Å². The Balaban J connectivity index is 1.66. The van der Waals surface area contributed by atoms with E-state index in [1.54, 1.807) is 42.7 Å². The topological polar surface area (TPSA) is 79.1 Å². The quantitative estimate of drug-likeness (QED) is 0.226. The fourth-order valence-electron chi connectivity index (χ4n) is 4.79. The Morgan fingerprint density at radius 2 is 1.81 bits per heavy atom.